The van der Waals surface area contributed by atoms with E-state index in [0.717, 1.165) is 41.0 Å². The fourth-order valence-corrected chi connectivity index (χ4v) is 4.40. The summed E-state index contributed by atoms with van der Waals surface area (Å²) in [5, 5.41) is 0. The second-order valence-electron chi connectivity index (χ2n) is 8.28. The highest BCUT2D eigenvalue weighted by Crippen LogP contribution is 2.35. The number of aromatic nitrogens is 2. The molecule has 5 rings (SSSR count). The molecule has 0 saturated heterocycles. The first-order valence-electron chi connectivity index (χ1n) is 11.5. The van der Waals surface area contributed by atoms with Crippen LogP contribution in [0.1, 0.15) is 18.9 Å². The average molecular weight is 449 g/mol. The van der Waals surface area contributed by atoms with Crippen LogP contribution in [0.4, 0.5) is 4.39 Å². The fourth-order valence-electron chi connectivity index (χ4n) is 4.40. The molecule has 0 radical (unpaired) electrons. The van der Waals surface area contributed by atoms with Gasteiger partial charge in [0, 0.05) is 11.1 Å². The van der Waals surface area contributed by atoms with Crippen molar-refractivity contribution in [2.45, 2.75) is 19.8 Å². The molecule has 5 aromatic rings. The van der Waals surface area contributed by atoms with Crippen molar-refractivity contribution in [3.05, 3.63) is 131 Å². The lowest BCUT2D eigenvalue weighted by Gasteiger charge is -2.12. The van der Waals surface area contributed by atoms with Crippen molar-refractivity contribution >= 4 is 0 Å². The van der Waals surface area contributed by atoms with Gasteiger partial charge in [-0.25, -0.2) is 9.18 Å². The van der Waals surface area contributed by atoms with Crippen LogP contribution in [-0.2, 0) is 6.42 Å². The SMILES string of the molecule is CCCc1ccc(-n2c(-c3ccccc3)c(-c3ccccc3)n(-c3ccc(F)cc3)c2=O)cc1. The molecule has 4 heteroatoms. The molecule has 0 aliphatic heterocycles. The van der Waals surface area contributed by atoms with E-state index in [2.05, 4.69) is 19.1 Å². The summed E-state index contributed by atoms with van der Waals surface area (Å²) in [5.74, 6) is -0.340. The van der Waals surface area contributed by atoms with E-state index in [1.165, 1.54) is 17.7 Å². The Labute approximate surface area is 198 Å². The van der Waals surface area contributed by atoms with E-state index in [4.69, 9.17) is 0 Å². The smallest absolute Gasteiger partial charge is 0.260 e. The molecule has 4 aromatic carbocycles. The van der Waals surface area contributed by atoms with Crippen molar-refractivity contribution in [3.63, 3.8) is 0 Å². The number of nitrogens with zero attached hydrogens (tertiary/aromatic N) is 2. The summed E-state index contributed by atoms with van der Waals surface area (Å²) < 4.78 is 17.2. The molecule has 0 aliphatic carbocycles. The van der Waals surface area contributed by atoms with E-state index in [0.29, 0.717) is 5.69 Å². The van der Waals surface area contributed by atoms with Gasteiger partial charge in [-0.3, -0.25) is 9.13 Å². The van der Waals surface area contributed by atoms with Gasteiger partial charge in [-0.2, -0.15) is 0 Å². The van der Waals surface area contributed by atoms with Gasteiger partial charge in [-0.15, -0.1) is 0 Å². The summed E-state index contributed by atoms with van der Waals surface area (Å²) in [4.78, 5) is 14.1. The fraction of sp³-hybridized carbons (Fsp3) is 0.100. The van der Waals surface area contributed by atoms with E-state index in [1.807, 2.05) is 72.8 Å². The normalized spacial score (nSPS) is 11.0. The topological polar surface area (TPSA) is 26.9 Å². The van der Waals surface area contributed by atoms with Crippen molar-refractivity contribution in [2.24, 2.45) is 0 Å². The molecule has 0 aliphatic rings. The first kappa shape index (κ1) is 21.7. The Hall–Kier alpha value is -4.18. The van der Waals surface area contributed by atoms with Crippen molar-refractivity contribution in [3.8, 4) is 33.9 Å². The van der Waals surface area contributed by atoms with Crippen molar-refractivity contribution < 1.29 is 4.39 Å². The molecular formula is C30H25FN2O. The molecule has 0 unspecified atom stereocenters. The highest BCUT2D eigenvalue weighted by atomic mass is 19.1. The standard InChI is InChI=1S/C30H25FN2O/c1-2-9-22-14-18-26(19-15-22)32-28(23-10-5-3-6-11-23)29(24-12-7-4-8-13-24)33(30(32)34)27-20-16-25(31)17-21-27/h3-8,10-21H,2,9H2,1H3. The Morgan fingerprint density at radius 1 is 0.618 bits per heavy atom. The summed E-state index contributed by atoms with van der Waals surface area (Å²) >= 11 is 0. The van der Waals surface area contributed by atoms with Gasteiger partial charge in [0.25, 0.3) is 0 Å². The quantitative estimate of drug-likeness (QED) is 0.273. The number of hydrogen-bond donors (Lipinski definition) is 0. The van der Waals surface area contributed by atoms with Gasteiger partial charge in [-0.05, 0) is 48.4 Å². The molecule has 0 amide bonds. The lowest BCUT2D eigenvalue weighted by molar-refractivity contribution is 0.627. The molecule has 3 nitrogen and oxygen atoms in total. The highest BCUT2D eigenvalue weighted by Gasteiger charge is 2.24. The predicted molar refractivity (Wildman–Crippen MR) is 136 cm³/mol. The van der Waals surface area contributed by atoms with Crippen molar-refractivity contribution in [1.29, 1.82) is 0 Å². The maximum absolute atomic E-state index is 14.1. The molecule has 0 spiro atoms. The average Bonchev–Trinajstić information content (AvgIpc) is 3.19. The number of rotatable bonds is 6. The lowest BCUT2D eigenvalue weighted by Crippen LogP contribution is -2.22. The molecule has 0 saturated carbocycles. The molecule has 168 valence electrons. The predicted octanol–water partition coefficient (Wildman–Crippen LogP) is 7.05. The zero-order valence-corrected chi connectivity index (χ0v) is 19.0. The Balaban J connectivity index is 1.87. The Morgan fingerprint density at radius 3 is 1.50 bits per heavy atom. The third kappa shape index (κ3) is 3.99. The Bertz CT molecular complexity index is 1450. The monoisotopic (exact) mass is 448 g/mol. The van der Waals surface area contributed by atoms with Gasteiger partial charge < -0.3 is 0 Å². The minimum Gasteiger partial charge on any atom is -0.260 e. The van der Waals surface area contributed by atoms with E-state index >= 15 is 0 Å². The van der Waals surface area contributed by atoms with Gasteiger partial charge in [0.1, 0.15) is 5.82 Å². The summed E-state index contributed by atoms with van der Waals surface area (Å²) in [6.07, 6.45) is 2.06. The molecule has 0 atom stereocenters. The van der Waals surface area contributed by atoms with Crippen LogP contribution >= 0.6 is 0 Å². The van der Waals surface area contributed by atoms with E-state index in [1.54, 1.807) is 21.3 Å². The number of benzene rings is 4. The van der Waals surface area contributed by atoms with E-state index in [-0.39, 0.29) is 11.5 Å². The number of hydrogen-bond acceptors (Lipinski definition) is 1. The van der Waals surface area contributed by atoms with Crippen LogP contribution in [0.15, 0.2) is 114 Å². The molecular weight excluding hydrogens is 423 g/mol. The van der Waals surface area contributed by atoms with Crippen LogP contribution < -0.4 is 5.69 Å². The first-order chi connectivity index (χ1) is 16.7. The molecule has 1 heterocycles. The summed E-state index contributed by atoms with van der Waals surface area (Å²) in [5.41, 5.74) is 5.84. The Morgan fingerprint density at radius 2 is 1.06 bits per heavy atom. The molecule has 1 aromatic heterocycles. The van der Waals surface area contributed by atoms with Crippen LogP contribution in [0.5, 0.6) is 0 Å². The number of imidazole rings is 1. The molecule has 0 fully saturated rings. The van der Waals surface area contributed by atoms with E-state index in [9.17, 15) is 9.18 Å². The molecule has 34 heavy (non-hydrogen) atoms. The van der Waals surface area contributed by atoms with Crippen LogP contribution in [0.3, 0.4) is 0 Å². The largest absolute Gasteiger partial charge is 0.338 e. The van der Waals surface area contributed by atoms with Crippen LogP contribution in [-0.4, -0.2) is 9.13 Å². The highest BCUT2D eigenvalue weighted by molar-refractivity contribution is 5.82. The second-order valence-corrected chi connectivity index (χ2v) is 8.28. The van der Waals surface area contributed by atoms with Crippen LogP contribution in [0, 0.1) is 5.82 Å². The summed E-state index contributed by atoms with van der Waals surface area (Å²) in [6.45, 7) is 2.15. The summed E-state index contributed by atoms with van der Waals surface area (Å²) in [6, 6.07) is 34.0. The minimum absolute atomic E-state index is 0.201. The van der Waals surface area contributed by atoms with Gasteiger partial charge in [-0.1, -0.05) is 86.1 Å². The number of halogens is 1. The first-order valence-corrected chi connectivity index (χ1v) is 11.5. The zero-order chi connectivity index (χ0) is 23.5. The van der Waals surface area contributed by atoms with Crippen molar-refractivity contribution in [2.75, 3.05) is 0 Å². The third-order valence-corrected chi connectivity index (χ3v) is 5.97. The second kappa shape index (κ2) is 9.36. The molecule has 0 N–H and O–H groups in total. The summed E-state index contributed by atoms with van der Waals surface area (Å²) in [7, 11) is 0. The maximum Gasteiger partial charge on any atom is 0.338 e. The van der Waals surface area contributed by atoms with Gasteiger partial charge in [0.15, 0.2) is 0 Å². The Kier molecular flexibility index (Phi) is 5.96. The maximum atomic E-state index is 14.1. The van der Waals surface area contributed by atoms with Crippen LogP contribution in [0.2, 0.25) is 0 Å². The minimum atomic E-state index is -0.340. The van der Waals surface area contributed by atoms with E-state index < -0.39 is 0 Å². The zero-order valence-electron chi connectivity index (χ0n) is 19.0. The van der Waals surface area contributed by atoms with Crippen LogP contribution in [0.25, 0.3) is 33.9 Å². The van der Waals surface area contributed by atoms with Gasteiger partial charge in [0.05, 0.1) is 22.8 Å². The van der Waals surface area contributed by atoms with Gasteiger partial charge in [0.2, 0.25) is 0 Å². The molecule has 0 bridgehead atoms. The third-order valence-electron chi connectivity index (χ3n) is 5.97. The van der Waals surface area contributed by atoms with Gasteiger partial charge >= 0.3 is 5.69 Å². The number of aryl methyl sites for hydroxylation is 1. The van der Waals surface area contributed by atoms with Crippen molar-refractivity contribution in [1.82, 2.24) is 9.13 Å². The lowest BCUT2D eigenvalue weighted by atomic mass is 10.0.